The van der Waals surface area contributed by atoms with Crippen LogP contribution in [0.1, 0.15) is 35.7 Å². The van der Waals surface area contributed by atoms with Crippen LogP contribution in [0.5, 0.6) is 11.5 Å². The van der Waals surface area contributed by atoms with E-state index in [0.717, 1.165) is 11.3 Å². The van der Waals surface area contributed by atoms with Crippen LogP contribution >= 0.6 is 23.2 Å². The minimum absolute atomic E-state index is 0.0645. The number of alkyl halides is 2. The average Bonchev–Trinajstić information content (AvgIpc) is 2.88. The number of amides is 1. The van der Waals surface area contributed by atoms with Crippen molar-refractivity contribution in [3.63, 3.8) is 0 Å². The van der Waals surface area contributed by atoms with Crippen LogP contribution in [0, 0.1) is 6.92 Å². The summed E-state index contributed by atoms with van der Waals surface area (Å²) in [6, 6.07) is 8.48. The molecule has 0 aliphatic rings. The third-order valence-corrected chi connectivity index (χ3v) is 6.10. The molecule has 0 fully saturated rings. The molecule has 0 aliphatic carbocycles. The van der Waals surface area contributed by atoms with E-state index in [-0.39, 0.29) is 12.0 Å². The summed E-state index contributed by atoms with van der Waals surface area (Å²) in [4.78, 5) is 49.3. The molecule has 0 unspecified atom stereocenters. The van der Waals surface area contributed by atoms with Crippen LogP contribution in [0.15, 0.2) is 42.5 Å². The molecule has 0 saturated carbocycles. The Morgan fingerprint density at radius 3 is 2.00 bits per heavy atom. The summed E-state index contributed by atoms with van der Waals surface area (Å²) >= 11 is 11.8. The van der Waals surface area contributed by atoms with Crippen molar-refractivity contribution in [1.82, 2.24) is 10.4 Å². The van der Waals surface area contributed by atoms with Gasteiger partial charge in [0.2, 0.25) is 0 Å². The van der Waals surface area contributed by atoms with Gasteiger partial charge in [-0.25, -0.2) is 10.2 Å². The number of anilines is 1. The second-order valence-electron chi connectivity index (χ2n) is 8.58. The van der Waals surface area contributed by atoms with E-state index < -0.39 is 42.3 Å². The predicted octanol–water partition coefficient (Wildman–Crippen LogP) is 3.81. The SMILES string of the molecule is Cc1cc(Oc2ccc(C(=O)N(N[C@@H](CCC(=O)O)C(=O)O)[C@@H](C)C(=O)O)cc2)ccc1N(CCCl)CCCl. The van der Waals surface area contributed by atoms with Crippen molar-refractivity contribution in [3.05, 3.63) is 53.6 Å². The molecular weight excluding hydrogens is 553 g/mol. The maximum Gasteiger partial charge on any atom is 0.327 e. The second kappa shape index (κ2) is 15.2. The third-order valence-electron chi connectivity index (χ3n) is 5.76. The standard InChI is InChI=1S/C26H31Cl2N3O8/c1-16-15-20(7-9-22(16)30(13-11-27)14-12-28)39-19-5-3-18(4-6-19)24(34)31(17(2)25(35)36)29-21(26(37)38)8-10-23(32)33/h3-7,9,15,17,21,29H,8,10-14H2,1-2H3,(H,32,33)(H,35,36)(H,37,38)/t17-,21-/m0/s1. The van der Waals surface area contributed by atoms with Gasteiger partial charge in [-0.05, 0) is 68.3 Å². The van der Waals surface area contributed by atoms with Gasteiger partial charge in [0.05, 0.1) is 0 Å². The molecule has 2 aromatic carbocycles. The predicted molar refractivity (Wildman–Crippen MR) is 146 cm³/mol. The number of hydrogen-bond donors (Lipinski definition) is 4. The van der Waals surface area contributed by atoms with Crippen LogP contribution in [-0.2, 0) is 14.4 Å². The zero-order valence-corrected chi connectivity index (χ0v) is 23.0. The molecule has 0 spiro atoms. The van der Waals surface area contributed by atoms with Crippen molar-refractivity contribution in [2.24, 2.45) is 0 Å². The maximum atomic E-state index is 13.1. The van der Waals surface area contributed by atoms with Gasteiger partial charge in [0.25, 0.3) is 5.91 Å². The first kappa shape index (κ1) is 31.7. The summed E-state index contributed by atoms with van der Waals surface area (Å²) in [6.45, 7) is 4.42. The topological polar surface area (TPSA) is 157 Å². The van der Waals surface area contributed by atoms with Gasteiger partial charge >= 0.3 is 17.9 Å². The zero-order valence-electron chi connectivity index (χ0n) is 21.5. The van der Waals surface area contributed by atoms with E-state index in [1.807, 2.05) is 19.1 Å². The number of nitrogens with one attached hydrogen (secondary N) is 1. The number of hydrazine groups is 1. The smallest absolute Gasteiger partial charge is 0.327 e. The minimum atomic E-state index is -1.49. The third kappa shape index (κ3) is 9.31. The first-order chi connectivity index (χ1) is 18.5. The normalized spacial score (nSPS) is 12.3. The van der Waals surface area contributed by atoms with Gasteiger partial charge in [-0.1, -0.05) is 0 Å². The maximum absolute atomic E-state index is 13.1. The molecule has 2 rings (SSSR count). The summed E-state index contributed by atoms with van der Waals surface area (Å²) < 4.78 is 5.91. The van der Waals surface area contributed by atoms with Gasteiger partial charge in [-0.15, -0.1) is 23.2 Å². The van der Waals surface area contributed by atoms with Crippen molar-refractivity contribution < 1.29 is 39.2 Å². The molecular formula is C26H31Cl2N3O8. The van der Waals surface area contributed by atoms with Crippen LogP contribution in [0.4, 0.5) is 5.69 Å². The molecule has 11 nitrogen and oxygen atoms in total. The quantitative estimate of drug-likeness (QED) is 0.169. The molecule has 2 atom stereocenters. The number of carboxylic acid groups (broad SMARTS) is 3. The highest BCUT2D eigenvalue weighted by Gasteiger charge is 2.31. The molecule has 0 heterocycles. The lowest BCUT2D eigenvalue weighted by molar-refractivity contribution is -0.147. The highest BCUT2D eigenvalue weighted by atomic mass is 35.5. The average molecular weight is 584 g/mol. The molecule has 212 valence electrons. The van der Waals surface area contributed by atoms with E-state index in [4.69, 9.17) is 33.0 Å². The Hall–Kier alpha value is -3.54. The van der Waals surface area contributed by atoms with Crippen molar-refractivity contribution >= 4 is 52.7 Å². The highest BCUT2D eigenvalue weighted by Crippen LogP contribution is 2.28. The Balaban J connectivity index is 2.21. The Kier molecular flexibility index (Phi) is 12.3. The van der Waals surface area contributed by atoms with Gasteiger partial charge < -0.3 is 25.0 Å². The fourth-order valence-electron chi connectivity index (χ4n) is 3.68. The summed E-state index contributed by atoms with van der Waals surface area (Å²) in [6.07, 6.45) is -0.849. The van der Waals surface area contributed by atoms with Gasteiger partial charge in [0.1, 0.15) is 23.6 Å². The van der Waals surface area contributed by atoms with E-state index in [2.05, 4.69) is 10.3 Å². The Bertz CT molecular complexity index is 1160. The number of rotatable bonds is 16. The van der Waals surface area contributed by atoms with Gasteiger partial charge in [0, 0.05) is 42.5 Å². The van der Waals surface area contributed by atoms with E-state index >= 15 is 0 Å². The number of ether oxygens (including phenoxy) is 1. The monoisotopic (exact) mass is 583 g/mol. The van der Waals surface area contributed by atoms with E-state index in [1.165, 1.54) is 31.2 Å². The number of aliphatic carboxylic acids is 3. The number of nitrogens with zero attached hydrogens (tertiary/aromatic N) is 2. The molecule has 39 heavy (non-hydrogen) atoms. The lowest BCUT2D eigenvalue weighted by Gasteiger charge is -2.30. The largest absolute Gasteiger partial charge is 0.481 e. The van der Waals surface area contributed by atoms with Gasteiger partial charge in [0.15, 0.2) is 0 Å². The van der Waals surface area contributed by atoms with Crippen LogP contribution in [0.2, 0.25) is 0 Å². The number of halogens is 2. The summed E-state index contributed by atoms with van der Waals surface area (Å²) in [5, 5.41) is 28.4. The van der Waals surface area contributed by atoms with Crippen LogP contribution in [0.25, 0.3) is 0 Å². The molecule has 1 amide bonds. The van der Waals surface area contributed by atoms with Crippen molar-refractivity contribution in [2.45, 2.75) is 38.8 Å². The first-order valence-electron chi connectivity index (χ1n) is 12.0. The number of carboxylic acids is 3. The number of carbonyl (C=O) groups is 4. The molecule has 4 N–H and O–H groups in total. The lowest BCUT2D eigenvalue weighted by atomic mass is 10.1. The lowest BCUT2D eigenvalue weighted by Crippen LogP contribution is -2.57. The second-order valence-corrected chi connectivity index (χ2v) is 9.34. The van der Waals surface area contributed by atoms with E-state index in [0.29, 0.717) is 41.4 Å². The summed E-state index contributed by atoms with van der Waals surface area (Å²) in [5.41, 5.74) is 4.37. The molecule has 0 aliphatic heterocycles. The molecule has 0 aromatic heterocycles. The summed E-state index contributed by atoms with van der Waals surface area (Å²) in [5.74, 6) is -2.97. The van der Waals surface area contributed by atoms with Crippen LogP contribution in [-0.4, -0.2) is 81.1 Å². The Labute approximate surface area is 235 Å². The molecule has 2 aromatic rings. The van der Waals surface area contributed by atoms with Crippen molar-refractivity contribution in [1.29, 1.82) is 0 Å². The molecule has 0 saturated heterocycles. The van der Waals surface area contributed by atoms with Gasteiger partial charge in [-0.3, -0.25) is 19.4 Å². The van der Waals surface area contributed by atoms with Gasteiger partial charge in [-0.2, -0.15) is 0 Å². The van der Waals surface area contributed by atoms with E-state index in [1.54, 1.807) is 6.07 Å². The fourth-order valence-corrected chi connectivity index (χ4v) is 4.09. The minimum Gasteiger partial charge on any atom is -0.481 e. The molecule has 0 radical (unpaired) electrons. The molecule has 13 heteroatoms. The first-order valence-corrected chi connectivity index (χ1v) is 13.1. The van der Waals surface area contributed by atoms with Crippen LogP contribution in [0.3, 0.4) is 0 Å². The number of benzene rings is 2. The number of carbonyl (C=O) groups excluding carboxylic acids is 1. The Morgan fingerprint density at radius 1 is 0.923 bits per heavy atom. The zero-order chi connectivity index (χ0) is 29.1. The van der Waals surface area contributed by atoms with Crippen molar-refractivity contribution in [3.8, 4) is 11.5 Å². The fraction of sp³-hybridized carbons (Fsp3) is 0.385. The van der Waals surface area contributed by atoms with E-state index in [9.17, 15) is 29.4 Å². The van der Waals surface area contributed by atoms with Crippen molar-refractivity contribution in [2.75, 3.05) is 29.7 Å². The number of hydrogen-bond acceptors (Lipinski definition) is 7. The summed E-state index contributed by atoms with van der Waals surface area (Å²) in [7, 11) is 0. The number of aryl methyl sites for hydroxylation is 1. The Morgan fingerprint density at radius 2 is 1.51 bits per heavy atom. The highest BCUT2D eigenvalue weighted by molar-refractivity contribution is 6.18. The molecule has 0 bridgehead atoms. The van der Waals surface area contributed by atoms with Crippen LogP contribution < -0.4 is 15.1 Å².